The standard InChI is InChI=1S/C20H23ClFN3O2/c1-11-9-25(15-8-23-18(21)17(22)16(11)15)14-7-13-6-5-12(14)10-24(13)19(26)27-20(2,3)4/h7-9,12-13H,5-6,10H2,1-4H3. The lowest BCUT2D eigenvalue weighted by atomic mass is 9.83. The van der Waals surface area contributed by atoms with Gasteiger partial charge in [-0.15, -0.1) is 0 Å². The molecule has 1 fully saturated rings. The van der Waals surface area contributed by atoms with Gasteiger partial charge < -0.3 is 14.2 Å². The summed E-state index contributed by atoms with van der Waals surface area (Å²) in [7, 11) is 0. The second-order valence-corrected chi connectivity index (χ2v) is 8.73. The molecular weight excluding hydrogens is 369 g/mol. The molecule has 0 radical (unpaired) electrons. The van der Waals surface area contributed by atoms with Gasteiger partial charge in [-0.2, -0.15) is 0 Å². The molecule has 5 rings (SSSR count). The number of piperidine rings is 1. The van der Waals surface area contributed by atoms with Crippen LogP contribution in [0.5, 0.6) is 0 Å². The Balaban J connectivity index is 1.71. The number of halogens is 2. The third kappa shape index (κ3) is 3.10. The van der Waals surface area contributed by atoms with Crippen molar-refractivity contribution in [3.63, 3.8) is 0 Å². The quantitative estimate of drug-likeness (QED) is 0.642. The largest absolute Gasteiger partial charge is 0.444 e. The molecule has 4 heterocycles. The number of hydrogen-bond donors (Lipinski definition) is 0. The van der Waals surface area contributed by atoms with E-state index in [0.29, 0.717) is 17.4 Å². The van der Waals surface area contributed by atoms with Crippen LogP contribution < -0.4 is 0 Å². The summed E-state index contributed by atoms with van der Waals surface area (Å²) in [4.78, 5) is 18.3. The van der Waals surface area contributed by atoms with Crippen LogP contribution in [0.25, 0.3) is 16.6 Å². The lowest BCUT2D eigenvalue weighted by Gasteiger charge is -2.44. The maximum Gasteiger partial charge on any atom is 0.410 e. The SMILES string of the molecule is Cc1cn(C2=CC3CCC2CN3C(=O)OC(C)(C)C)c2cnc(Cl)c(F)c12. The van der Waals surface area contributed by atoms with Crippen molar-refractivity contribution in [2.45, 2.75) is 52.2 Å². The van der Waals surface area contributed by atoms with Crippen molar-refractivity contribution < 1.29 is 13.9 Å². The minimum atomic E-state index is -0.517. The van der Waals surface area contributed by atoms with Crippen molar-refractivity contribution >= 4 is 34.3 Å². The van der Waals surface area contributed by atoms with E-state index >= 15 is 0 Å². The normalized spacial score (nSPS) is 22.3. The van der Waals surface area contributed by atoms with Gasteiger partial charge in [-0.05, 0) is 52.2 Å². The monoisotopic (exact) mass is 391 g/mol. The minimum Gasteiger partial charge on any atom is -0.444 e. The molecule has 2 bridgehead atoms. The van der Waals surface area contributed by atoms with Crippen LogP contribution >= 0.6 is 11.6 Å². The van der Waals surface area contributed by atoms with E-state index in [9.17, 15) is 9.18 Å². The molecule has 27 heavy (non-hydrogen) atoms. The summed E-state index contributed by atoms with van der Waals surface area (Å²) in [6.45, 7) is 8.09. The Hall–Kier alpha value is -2.08. The van der Waals surface area contributed by atoms with Crippen molar-refractivity contribution in [1.82, 2.24) is 14.5 Å². The van der Waals surface area contributed by atoms with E-state index in [1.807, 2.05) is 38.5 Å². The van der Waals surface area contributed by atoms with E-state index in [2.05, 4.69) is 11.1 Å². The van der Waals surface area contributed by atoms with E-state index in [-0.39, 0.29) is 23.2 Å². The van der Waals surface area contributed by atoms with Crippen LogP contribution in [0.15, 0.2) is 18.5 Å². The number of amides is 1. The molecule has 0 saturated carbocycles. The number of fused-ring (bicyclic) bond motifs is 3. The number of carbonyl (C=O) groups is 1. The first-order valence-corrected chi connectivity index (χ1v) is 9.57. The minimum absolute atomic E-state index is 0.0114. The van der Waals surface area contributed by atoms with Crippen molar-refractivity contribution in [3.8, 4) is 0 Å². The third-order valence-electron chi connectivity index (χ3n) is 5.25. The fourth-order valence-electron chi connectivity index (χ4n) is 4.10. The topological polar surface area (TPSA) is 47.4 Å². The number of carbonyl (C=O) groups excluding carboxylic acids is 1. The van der Waals surface area contributed by atoms with Crippen LogP contribution in [0.3, 0.4) is 0 Å². The maximum atomic E-state index is 14.5. The van der Waals surface area contributed by atoms with E-state index in [4.69, 9.17) is 16.3 Å². The predicted molar refractivity (Wildman–Crippen MR) is 103 cm³/mol. The Morgan fingerprint density at radius 1 is 1.37 bits per heavy atom. The van der Waals surface area contributed by atoms with E-state index in [0.717, 1.165) is 24.1 Å². The van der Waals surface area contributed by atoms with Gasteiger partial charge in [0.1, 0.15) is 5.60 Å². The fourth-order valence-corrected chi connectivity index (χ4v) is 4.24. The number of hydrogen-bond acceptors (Lipinski definition) is 3. The molecule has 2 aliphatic heterocycles. The highest BCUT2D eigenvalue weighted by Crippen LogP contribution is 2.40. The second kappa shape index (κ2) is 6.23. The van der Waals surface area contributed by atoms with Crippen LogP contribution in [0, 0.1) is 18.7 Å². The number of pyridine rings is 1. The number of ether oxygens (including phenoxy) is 1. The molecule has 144 valence electrons. The van der Waals surface area contributed by atoms with Gasteiger partial charge in [-0.1, -0.05) is 11.6 Å². The Morgan fingerprint density at radius 3 is 2.74 bits per heavy atom. The summed E-state index contributed by atoms with van der Waals surface area (Å²) in [5, 5.41) is 0.389. The summed E-state index contributed by atoms with van der Waals surface area (Å²) in [6.07, 6.45) is 7.26. The molecule has 0 aromatic carbocycles. The van der Waals surface area contributed by atoms with Crippen LogP contribution in [0.4, 0.5) is 9.18 Å². The van der Waals surface area contributed by atoms with Gasteiger partial charge in [0.25, 0.3) is 0 Å². The first kappa shape index (κ1) is 18.3. The molecule has 0 spiro atoms. The van der Waals surface area contributed by atoms with Crippen LogP contribution in [-0.4, -0.2) is 38.7 Å². The molecule has 2 unspecified atom stereocenters. The molecule has 1 aliphatic carbocycles. The van der Waals surface area contributed by atoms with Gasteiger partial charge in [0.2, 0.25) is 0 Å². The molecule has 7 heteroatoms. The summed E-state index contributed by atoms with van der Waals surface area (Å²) >= 11 is 5.86. The van der Waals surface area contributed by atoms with Crippen molar-refractivity contribution in [2.24, 2.45) is 5.92 Å². The molecule has 1 saturated heterocycles. The molecule has 0 N–H and O–H groups in total. The van der Waals surface area contributed by atoms with Gasteiger partial charge in [-0.25, -0.2) is 14.2 Å². The lowest BCUT2D eigenvalue weighted by Crippen LogP contribution is -2.51. The molecule has 2 atom stereocenters. The summed E-state index contributed by atoms with van der Waals surface area (Å²) in [6, 6.07) is -0.0114. The van der Waals surface area contributed by atoms with Crippen molar-refractivity contribution in [1.29, 1.82) is 0 Å². The molecule has 2 aromatic heterocycles. The van der Waals surface area contributed by atoms with Crippen LogP contribution in [0.1, 0.15) is 39.2 Å². The van der Waals surface area contributed by atoms with Gasteiger partial charge in [0.15, 0.2) is 11.0 Å². The molecule has 2 aromatic rings. The van der Waals surface area contributed by atoms with Crippen molar-refractivity contribution in [2.75, 3.05) is 6.54 Å². The number of rotatable bonds is 1. The zero-order valence-electron chi connectivity index (χ0n) is 15.9. The summed E-state index contributed by atoms with van der Waals surface area (Å²) in [5.74, 6) is -0.307. The average Bonchev–Trinajstić information content (AvgIpc) is 2.94. The van der Waals surface area contributed by atoms with Crippen molar-refractivity contribution in [3.05, 3.63) is 35.0 Å². The maximum absolute atomic E-state index is 14.5. The first-order valence-electron chi connectivity index (χ1n) is 9.19. The summed E-state index contributed by atoms with van der Waals surface area (Å²) in [5.41, 5.74) is 2.10. The lowest BCUT2D eigenvalue weighted by molar-refractivity contribution is 0.00943. The number of aromatic nitrogens is 2. The van der Waals surface area contributed by atoms with Gasteiger partial charge >= 0.3 is 6.09 Å². The Labute approximate surface area is 162 Å². The summed E-state index contributed by atoms with van der Waals surface area (Å²) < 4.78 is 22.0. The molecule has 5 nitrogen and oxygen atoms in total. The van der Waals surface area contributed by atoms with Crippen LogP contribution in [-0.2, 0) is 4.74 Å². The van der Waals surface area contributed by atoms with E-state index in [1.165, 1.54) is 0 Å². The highest BCUT2D eigenvalue weighted by molar-refractivity contribution is 6.30. The Morgan fingerprint density at radius 2 is 2.11 bits per heavy atom. The third-order valence-corrected chi connectivity index (χ3v) is 5.51. The van der Waals surface area contributed by atoms with Gasteiger partial charge in [-0.3, -0.25) is 0 Å². The highest BCUT2D eigenvalue weighted by Gasteiger charge is 2.40. The molecular formula is C20H23ClFN3O2. The number of nitrogens with zero attached hydrogens (tertiary/aromatic N) is 3. The number of aryl methyl sites for hydroxylation is 1. The highest BCUT2D eigenvalue weighted by atomic mass is 35.5. The smallest absolute Gasteiger partial charge is 0.410 e. The van der Waals surface area contributed by atoms with E-state index < -0.39 is 11.4 Å². The van der Waals surface area contributed by atoms with Crippen LogP contribution in [0.2, 0.25) is 5.15 Å². The fraction of sp³-hybridized carbons (Fsp3) is 0.500. The Bertz CT molecular complexity index is 960. The Kier molecular flexibility index (Phi) is 4.22. The van der Waals surface area contributed by atoms with Gasteiger partial charge in [0.05, 0.1) is 17.8 Å². The molecule has 1 amide bonds. The zero-order chi connectivity index (χ0) is 19.5. The first-order chi connectivity index (χ1) is 12.7. The predicted octanol–water partition coefficient (Wildman–Crippen LogP) is 5.01. The van der Waals surface area contributed by atoms with E-state index in [1.54, 1.807) is 11.1 Å². The molecule has 3 aliphatic rings. The van der Waals surface area contributed by atoms with Gasteiger partial charge in [0, 0.05) is 29.7 Å². The average molecular weight is 392 g/mol. The second-order valence-electron chi connectivity index (χ2n) is 8.37. The zero-order valence-corrected chi connectivity index (χ0v) is 16.7.